The Balaban J connectivity index is 1.70. The number of para-hydroxylation sites is 1. The van der Waals surface area contributed by atoms with E-state index in [4.69, 9.17) is 10.5 Å². The Hall–Kier alpha value is -3.41. The van der Waals surface area contributed by atoms with Crippen LogP contribution in [0.25, 0.3) is 11.3 Å². The summed E-state index contributed by atoms with van der Waals surface area (Å²) in [6.07, 6.45) is 1.47. The average Bonchev–Trinajstić information content (AvgIpc) is 2.64. The summed E-state index contributed by atoms with van der Waals surface area (Å²) in [5.41, 5.74) is 8.55. The van der Waals surface area contributed by atoms with E-state index >= 15 is 0 Å². The first-order valence-corrected chi connectivity index (χ1v) is 7.76. The molecule has 3 aromatic rings. The summed E-state index contributed by atoms with van der Waals surface area (Å²) in [4.78, 5) is 10.7. The number of hydrogen-bond donors (Lipinski definition) is 2. The molecular weight excluding hydrogens is 318 g/mol. The first kappa shape index (κ1) is 16.4. The lowest BCUT2D eigenvalue weighted by Crippen LogP contribution is -2.06. The van der Waals surface area contributed by atoms with Gasteiger partial charge in [-0.1, -0.05) is 36.4 Å². The van der Waals surface area contributed by atoms with Crippen molar-refractivity contribution in [3.8, 4) is 22.8 Å². The van der Waals surface area contributed by atoms with Crippen LogP contribution in [0.1, 0.15) is 15.9 Å². The maximum atomic E-state index is 10.7. The molecule has 3 rings (SSSR count). The SMILES string of the molecule is Nc1nnc(-c2ccccc2O)cc1OCCc1ccc(C=O)cc1. The molecule has 6 nitrogen and oxygen atoms in total. The number of aromatic hydroxyl groups is 1. The molecule has 1 heterocycles. The predicted molar refractivity (Wildman–Crippen MR) is 94.6 cm³/mol. The van der Waals surface area contributed by atoms with E-state index in [2.05, 4.69) is 10.2 Å². The van der Waals surface area contributed by atoms with E-state index in [1.54, 1.807) is 42.5 Å². The molecule has 0 bridgehead atoms. The minimum Gasteiger partial charge on any atom is -0.507 e. The smallest absolute Gasteiger partial charge is 0.188 e. The summed E-state index contributed by atoms with van der Waals surface area (Å²) in [6.45, 7) is 0.399. The van der Waals surface area contributed by atoms with Gasteiger partial charge in [0, 0.05) is 23.6 Å². The average molecular weight is 335 g/mol. The third-order valence-corrected chi connectivity index (χ3v) is 3.73. The van der Waals surface area contributed by atoms with E-state index in [0.29, 0.717) is 35.6 Å². The van der Waals surface area contributed by atoms with Crippen molar-refractivity contribution in [2.45, 2.75) is 6.42 Å². The highest BCUT2D eigenvalue weighted by Gasteiger charge is 2.10. The lowest BCUT2D eigenvalue weighted by Gasteiger charge is -2.10. The van der Waals surface area contributed by atoms with E-state index in [0.717, 1.165) is 11.8 Å². The number of aromatic nitrogens is 2. The zero-order valence-corrected chi connectivity index (χ0v) is 13.4. The summed E-state index contributed by atoms with van der Waals surface area (Å²) in [5.74, 6) is 0.719. The molecule has 6 heteroatoms. The molecule has 0 amide bonds. The van der Waals surface area contributed by atoms with Crippen LogP contribution in [0.5, 0.6) is 11.5 Å². The molecule has 0 fully saturated rings. The lowest BCUT2D eigenvalue weighted by molar-refractivity contribution is 0.112. The molecule has 0 saturated heterocycles. The van der Waals surface area contributed by atoms with Crippen LogP contribution in [0.3, 0.4) is 0 Å². The molecule has 2 aromatic carbocycles. The van der Waals surface area contributed by atoms with Gasteiger partial charge >= 0.3 is 0 Å². The van der Waals surface area contributed by atoms with Crippen LogP contribution in [0.15, 0.2) is 54.6 Å². The molecule has 0 aliphatic carbocycles. The monoisotopic (exact) mass is 335 g/mol. The highest BCUT2D eigenvalue weighted by molar-refractivity contribution is 5.74. The minimum absolute atomic E-state index is 0.114. The molecule has 1 aromatic heterocycles. The molecule has 0 spiro atoms. The van der Waals surface area contributed by atoms with Crippen molar-refractivity contribution in [3.63, 3.8) is 0 Å². The second-order valence-electron chi connectivity index (χ2n) is 5.45. The fourth-order valence-corrected chi connectivity index (χ4v) is 2.36. The molecule has 0 saturated carbocycles. The quantitative estimate of drug-likeness (QED) is 0.672. The molecule has 0 aliphatic heterocycles. The second-order valence-corrected chi connectivity index (χ2v) is 5.45. The van der Waals surface area contributed by atoms with Crippen molar-refractivity contribution in [2.24, 2.45) is 0 Å². The number of phenolic OH excluding ortho intramolecular Hbond substituents is 1. The number of carbonyl (C=O) groups is 1. The molecule has 25 heavy (non-hydrogen) atoms. The number of nitrogens with zero attached hydrogens (tertiary/aromatic N) is 2. The normalized spacial score (nSPS) is 10.4. The Bertz CT molecular complexity index is 879. The van der Waals surface area contributed by atoms with E-state index in [9.17, 15) is 9.90 Å². The van der Waals surface area contributed by atoms with Gasteiger partial charge in [-0.25, -0.2) is 0 Å². The molecule has 0 radical (unpaired) electrons. The third kappa shape index (κ3) is 3.92. The summed E-state index contributed by atoms with van der Waals surface area (Å²) in [6, 6.07) is 15.8. The largest absolute Gasteiger partial charge is 0.507 e. The zero-order chi connectivity index (χ0) is 17.6. The van der Waals surface area contributed by atoms with Crippen LogP contribution in [0, 0.1) is 0 Å². The molecule has 126 valence electrons. The Labute approximate surface area is 144 Å². The number of hydrogen-bond acceptors (Lipinski definition) is 6. The highest BCUT2D eigenvalue weighted by Crippen LogP contribution is 2.30. The van der Waals surface area contributed by atoms with Gasteiger partial charge in [-0.15, -0.1) is 10.2 Å². The van der Waals surface area contributed by atoms with Crippen LogP contribution >= 0.6 is 0 Å². The summed E-state index contributed by atoms with van der Waals surface area (Å²) < 4.78 is 5.72. The van der Waals surface area contributed by atoms with Crippen LogP contribution in [0.4, 0.5) is 5.82 Å². The predicted octanol–water partition coefficient (Wildman–Crippen LogP) is 2.87. The minimum atomic E-state index is 0.114. The van der Waals surface area contributed by atoms with E-state index < -0.39 is 0 Å². The Kier molecular flexibility index (Phi) is 4.89. The zero-order valence-electron chi connectivity index (χ0n) is 13.4. The molecule has 0 aliphatic rings. The van der Waals surface area contributed by atoms with E-state index in [1.807, 2.05) is 12.1 Å². The van der Waals surface area contributed by atoms with Gasteiger partial charge in [0.05, 0.1) is 6.61 Å². The number of aldehydes is 1. The van der Waals surface area contributed by atoms with Crippen molar-refractivity contribution >= 4 is 12.1 Å². The third-order valence-electron chi connectivity index (χ3n) is 3.73. The molecular formula is C19H17N3O3. The fraction of sp³-hybridized carbons (Fsp3) is 0.105. The number of phenols is 1. The highest BCUT2D eigenvalue weighted by atomic mass is 16.5. The van der Waals surface area contributed by atoms with Gasteiger partial charge in [0.25, 0.3) is 0 Å². The van der Waals surface area contributed by atoms with Crippen molar-refractivity contribution in [2.75, 3.05) is 12.3 Å². The van der Waals surface area contributed by atoms with Crippen molar-refractivity contribution in [3.05, 3.63) is 65.7 Å². The molecule has 0 unspecified atom stereocenters. The van der Waals surface area contributed by atoms with Crippen LogP contribution in [-0.4, -0.2) is 28.2 Å². The van der Waals surface area contributed by atoms with Crippen molar-refractivity contribution in [1.29, 1.82) is 0 Å². The molecule has 3 N–H and O–H groups in total. The maximum Gasteiger partial charge on any atom is 0.188 e. The second kappa shape index (κ2) is 7.44. The van der Waals surface area contributed by atoms with Crippen molar-refractivity contribution in [1.82, 2.24) is 10.2 Å². The van der Waals surface area contributed by atoms with Gasteiger partial charge < -0.3 is 15.6 Å². The molecule has 0 atom stereocenters. The van der Waals surface area contributed by atoms with Gasteiger partial charge in [0.1, 0.15) is 17.7 Å². The summed E-state index contributed by atoms with van der Waals surface area (Å²) in [7, 11) is 0. The number of anilines is 1. The summed E-state index contributed by atoms with van der Waals surface area (Å²) in [5, 5.41) is 17.8. The number of nitrogens with two attached hydrogens (primary N) is 1. The Morgan fingerprint density at radius 1 is 1.08 bits per heavy atom. The number of carbonyl (C=O) groups excluding carboxylic acids is 1. The number of nitrogen functional groups attached to an aromatic ring is 1. The first-order chi connectivity index (χ1) is 12.2. The number of ether oxygens (including phenoxy) is 1. The fourth-order valence-electron chi connectivity index (χ4n) is 2.36. The lowest BCUT2D eigenvalue weighted by atomic mass is 10.1. The van der Waals surface area contributed by atoms with E-state index in [-0.39, 0.29) is 11.6 Å². The van der Waals surface area contributed by atoms with Gasteiger partial charge in [-0.3, -0.25) is 4.79 Å². The first-order valence-electron chi connectivity index (χ1n) is 7.76. The van der Waals surface area contributed by atoms with Gasteiger partial charge in [0.15, 0.2) is 11.6 Å². The van der Waals surface area contributed by atoms with Gasteiger partial charge in [0.2, 0.25) is 0 Å². The standard InChI is InChI=1S/C19H17N3O3/c20-19-18(25-10-9-13-5-7-14(12-23)8-6-13)11-16(21-22-19)15-3-1-2-4-17(15)24/h1-8,11-12,24H,9-10H2,(H2,20,22). The summed E-state index contributed by atoms with van der Waals surface area (Å²) >= 11 is 0. The van der Waals surface area contributed by atoms with Crippen LogP contribution in [-0.2, 0) is 6.42 Å². The van der Waals surface area contributed by atoms with Gasteiger partial charge in [-0.05, 0) is 17.7 Å². The number of rotatable bonds is 6. The Morgan fingerprint density at radius 3 is 2.56 bits per heavy atom. The Morgan fingerprint density at radius 2 is 1.84 bits per heavy atom. The van der Waals surface area contributed by atoms with Crippen LogP contribution in [0.2, 0.25) is 0 Å². The number of benzene rings is 2. The topological polar surface area (TPSA) is 98.3 Å². The van der Waals surface area contributed by atoms with E-state index in [1.165, 1.54) is 0 Å². The maximum absolute atomic E-state index is 10.7. The van der Waals surface area contributed by atoms with Crippen LogP contribution < -0.4 is 10.5 Å². The van der Waals surface area contributed by atoms with Gasteiger partial charge in [-0.2, -0.15) is 0 Å². The van der Waals surface area contributed by atoms with Crippen molar-refractivity contribution < 1.29 is 14.6 Å².